The van der Waals surface area contributed by atoms with E-state index in [1.54, 1.807) is 42.7 Å². The number of carbonyl (C=O) groups is 1. The van der Waals surface area contributed by atoms with Crippen molar-refractivity contribution >= 4 is 15.9 Å². The van der Waals surface area contributed by atoms with Crippen molar-refractivity contribution in [2.24, 2.45) is 0 Å². The third-order valence-electron chi connectivity index (χ3n) is 5.46. The minimum absolute atomic E-state index is 0.212. The second-order valence-electron chi connectivity index (χ2n) is 7.52. The minimum Gasteiger partial charge on any atom is -0.351 e. The van der Waals surface area contributed by atoms with E-state index in [1.807, 2.05) is 29.8 Å². The Hall–Kier alpha value is -3.04. The van der Waals surface area contributed by atoms with Gasteiger partial charge in [0.05, 0.1) is 4.90 Å². The Morgan fingerprint density at radius 1 is 1.13 bits per heavy atom. The van der Waals surface area contributed by atoms with Crippen molar-refractivity contribution in [3.05, 3.63) is 72.4 Å². The molecule has 1 atom stereocenters. The SMILES string of the molecule is Cc1nccn1-c1cc(CNC(=O)[C@H]2CCCCN2S(=O)(=O)c2ccccc2)ccn1. The molecule has 1 aliphatic heterocycles. The number of carbonyl (C=O) groups excluding carboxylic acids is 1. The number of nitrogens with one attached hydrogen (secondary N) is 1. The summed E-state index contributed by atoms with van der Waals surface area (Å²) in [5, 5.41) is 2.91. The van der Waals surface area contributed by atoms with Crippen LogP contribution in [0, 0.1) is 6.92 Å². The zero-order valence-corrected chi connectivity index (χ0v) is 18.1. The van der Waals surface area contributed by atoms with Crippen molar-refractivity contribution in [2.45, 2.75) is 43.7 Å². The predicted molar refractivity (Wildman–Crippen MR) is 116 cm³/mol. The Balaban J connectivity index is 1.48. The molecule has 1 saturated heterocycles. The van der Waals surface area contributed by atoms with Crippen molar-refractivity contribution in [3.63, 3.8) is 0 Å². The van der Waals surface area contributed by atoms with Gasteiger partial charge in [0.15, 0.2) is 0 Å². The molecular formula is C22H25N5O3S. The first-order valence-electron chi connectivity index (χ1n) is 10.3. The van der Waals surface area contributed by atoms with Crippen molar-refractivity contribution in [1.82, 2.24) is 24.2 Å². The Bertz CT molecular complexity index is 1160. The number of nitrogens with zero attached hydrogens (tertiary/aromatic N) is 4. The van der Waals surface area contributed by atoms with Crippen LogP contribution in [0.5, 0.6) is 0 Å². The highest BCUT2D eigenvalue weighted by molar-refractivity contribution is 7.89. The number of amides is 1. The number of benzene rings is 1. The van der Waals surface area contributed by atoms with Crippen LogP contribution in [0.2, 0.25) is 0 Å². The molecule has 1 aromatic carbocycles. The fourth-order valence-electron chi connectivity index (χ4n) is 3.81. The van der Waals surface area contributed by atoms with Gasteiger partial charge in [-0.05, 0) is 49.6 Å². The third-order valence-corrected chi connectivity index (χ3v) is 7.38. The van der Waals surface area contributed by atoms with Crippen LogP contribution in [-0.2, 0) is 21.4 Å². The Kier molecular flexibility index (Phi) is 6.15. The van der Waals surface area contributed by atoms with Gasteiger partial charge >= 0.3 is 0 Å². The van der Waals surface area contributed by atoms with Gasteiger partial charge in [-0.1, -0.05) is 24.6 Å². The van der Waals surface area contributed by atoms with E-state index < -0.39 is 16.1 Å². The van der Waals surface area contributed by atoms with E-state index in [9.17, 15) is 13.2 Å². The lowest BCUT2D eigenvalue weighted by molar-refractivity contribution is -0.125. The van der Waals surface area contributed by atoms with Gasteiger partial charge in [0.25, 0.3) is 0 Å². The van der Waals surface area contributed by atoms with E-state index >= 15 is 0 Å². The van der Waals surface area contributed by atoms with Gasteiger partial charge < -0.3 is 5.32 Å². The third kappa shape index (κ3) is 4.52. The Labute approximate surface area is 182 Å². The molecule has 0 radical (unpaired) electrons. The summed E-state index contributed by atoms with van der Waals surface area (Å²) in [4.78, 5) is 21.8. The summed E-state index contributed by atoms with van der Waals surface area (Å²) in [7, 11) is -3.73. The monoisotopic (exact) mass is 439 g/mol. The predicted octanol–water partition coefficient (Wildman–Crippen LogP) is 2.44. The van der Waals surface area contributed by atoms with Crippen LogP contribution >= 0.6 is 0 Å². The van der Waals surface area contributed by atoms with Crippen molar-refractivity contribution < 1.29 is 13.2 Å². The van der Waals surface area contributed by atoms with E-state index in [4.69, 9.17) is 0 Å². The number of imidazole rings is 1. The molecule has 4 rings (SSSR count). The molecule has 1 N–H and O–H groups in total. The number of piperidine rings is 1. The van der Waals surface area contributed by atoms with E-state index in [0.29, 0.717) is 18.8 Å². The molecule has 2 aromatic heterocycles. The molecule has 3 aromatic rings. The number of aryl methyl sites for hydroxylation is 1. The van der Waals surface area contributed by atoms with Crippen LogP contribution in [0.3, 0.4) is 0 Å². The van der Waals surface area contributed by atoms with E-state index in [0.717, 1.165) is 24.2 Å². The molecule has 1 aliphatic rings. The molecular weight excluding hydrogens is 414 g/mol. The van der Waals surface area contributed by atoms with Gasteiger partial charge in [-0.2, -0.15) is 4.31 Å². The van der Waals surface area contributed by atoms with Crippen LogP contribution < -0.4 is 5.32 Å². The zero-order chi connectivity index (χ0) is 21.8. The van der Waals surface area contributed by atoms with Gasteiger partial charge in [0.2, 0.25) is 15.9 Å². The van der Waals surface area contributed by atoms with Gasteiger partial charge in [-0.3, -0.25) is 9.36 Å². The highest BCUT2D eigenvalue weighted by Crippen LogP contribution is 2.25. The molecule has 9 heteroatoms. The first-order chi connectivity index (χ1) is 15.0. The van der Waals surface area contributed by atoms with E-state index in [2.05, 4.69) is 15.3 Å². The molecule has 0 unspecified atom stereocenters. The normalized spacial score (nSPS) is 17.4. The highest BCUT2D eigenvalue weighted by Gasteiger charge is 2.37. The number of sulfonamides is 1. The summed E-state index contributed by atoms with van der Waals surface area (Å²) < 4.78 is 29.4. The number of hydrogen-bond donors (Lipinski definition) is 1. The van der Waals surface area contributed by atoms with Crippen molar-refractivity contribution in [1.29, 1.82) is 0 Å². The van der Waals surface area contributed by atoms with Crippen LogP contribution in [-0.4, -0.2) is 45.8 Å². The maximum atomic E-state index is 13.1. The lowest BCUT2D eigenvalue weighted by Crippen LogP contribution is -2.51. The lowest BCUT2D eigenvalue weighted by Gasteiger charge is -2.33. The molecule has 1 amide bonds. The molecule has 8 nitrogen and oxygen atoms in total. The number of hydrogen-bond acceptors (Lipinski definition) is 5. The first kappa shape index (κ1) is 21.2. The molecule has 0 bridgehead atoms. The van der Waals surface area contributed by atoms with Crippen LogP contribution in [0.25, 0.3) is 5.82 Å². The smallest absolute Gasteiger partial charge is 0.243 e. The molecule has 0 spiro atoms. The van der Waals surface area contributed by atoms with Crippen LogP contribution in [0.4, 0.5) is 0 Å². The summed E-state index contributed by atoms with van der Waals surface area (Å²) in [5.41, 5.74) is 0.875. The molecule has 1 fully saturated rings. The van der Waals surface area contributed by atoms with E-state index in [1.165, 1.54) is 4.31 Å². The summed E-state index contributed by atoms with van der Waals surface area (Å²) in [6.45, 7) is 2.52. The van der Waals surface area contributed by atoms with Gasteiger partial charge in [-0.15, -0.1) is 0 Å². The van der Waals surface area contributed by atoms with Crippen molar-refractivity contribution in [2.75, 3.05) is 6.54 Å². The molecule has 3 heterocycles. The minimum atomic E-state index is -3.73. The van der Waals surface area contributed by atoms with Gasteiger partial charge in [0, 0.05) is 31.7 Å². The average Bonchev–Trinajstić information content (AvgIpc) is 3.24. The fraction of sp³-hybridized carbons (Fsp3) is 0.318. The van der Waals surface area contributed by atoms with Crippen LogP contribution in [0.15, 0.2) is 66.0 Å². The van der Waals surface area contributed by atoms with Gasteiger partial charge in [0.1, 0.15) is 17.7 Å². The number of aromatic nitrogens is 3. The molecule has 0 aliphatic carbocycles. The summed E-state index contributed by atoms with van der Waals surface area (Å²) in [6.07, 6.45) is 7.29. The maximum absolute atomic E-state index is 13.1. The van der Waals surface area contributed by atoms with E-state index in [-0.39, 0.29) is 17.3 Å². The summed E-state index contributed by atoms with van der Waals surface area (Å²) in [6, 6.07) is 11.3. The summed E-state index contributed by atoms with van der Waals surface area (Å²) >= 11 is 0. The second kappa shape index (κ2) is 8.99. The van der Waals surface area contributed by atoms with Gasteiger partial charge in [-0.25, -0.2) is 18.4 Å². The molecule has 162 valence electrons. The quantitative estimate of drug-likeness (QED) is 0.636. The fourth-order valence-corrected chi connectivity index (χ4v) is 5.49. The number of rotatable bonds is 6. The highest BCUT2D eigenvalue weighted by atomic mass is 32.2. The average molecular weight is 440 g/mol. The standard InChI is InChI=1S/C22H25N5O3S/c1-17-23-12-14-26(17)21-15-18(10-11-24-21)16-25-22(28)20-9-5-6-13-27(20)31(29,30)19-7-3-2-4-8-19/h2-4,7-8,10-12,14-15,20H,5-6,9,13,16H2,1H3,(H,25,28)/t20-/m1/s1. The summed E-state index contributed by atoms with van der Waals surface area (Å²) in [5.74, 6) is 1.25. The maximum Gasteiger partial charge on any atom is 0.243 e. The lowest BCUT2D eigenvalue weighted by atomic mass is 10.0. The topological polar surface area (TPSA) is 97.2 Å². The molecule has 0 saturated carbocycles. The largest absolute Gasteiger partial charge is 0.351 e. The van der Waals surface area contributed by atoms with Crippen LogP contribution in [0.1, 0.15) is 30.7 Å². The van der Waals surface area contributed by atoms with Crippen molar-refractivity contribution in [3.8, 4) is 5.82 Å². The molecule has 31 heavy (non-hydrogen) atoms. The zero-order valence-electron chi connectivity index (χ0n) is 17.3. The first-order valence-corrected chi connectivity index (χ1v) is 11.7. The Morgan fingerprint density at radius 2 is 1.94 bits per heavy atom. The second-order valence-corrected chi connectivity index (χ2v) is 9.42. The number of pyridine rings is 1. The Morgan fingerprint density at radius 3 is 2.68 bits per heavy atom.